The molecule has 0 fully saturated rings. The van der Waals surface area contributed by atoms with E-state index in [0.717, 1.165) is 34.4 Å². The van der Waals surface area contributed by atoms with Crippen LogP contribution < -0.4 is 10.1 Å². The van der Waals surface area contributed by atoms with E-state index in [1.54, 1.807) is 24.3 Å². The van der Waals surface area contributed by atoms with Gasteiger partial charge in [0.1, 0.15) is 18.1 Å². The Morgan fingerprint density at radius 1 is 1.17 bits per heavy atom. The van der Waals surface area contributed by atoms with Crippen LogP contribution >= 0.6 is 34.7 Å². The summed E-state index contributed by atoms with van der Waals surface area (Å²) in [4.78, 5) is 17.1. The van der Waals surface area contributed by atoms with Crippen LogP contribution in [0, 0.1) is 6.92 Å². The second-order valence-corrected chi connectivity index (χ2v) is 7.93. The predicted octanol–water partition coefficient (Wildman–Crippen LogP) is 5.45. The zero-order chi connectivity index (χ0) is 20.2. The lowest BCUT2D eigenvalue weighted by Crippen LogP contribution is -2.11. The number of nitrogens with zero attached hydrogens (tertiary/aromatic N) is 3. The summed E-state index contributed by atoms with van der Waals surface area (Å²) in [5.74, 6) is 0.338. The average molecular weight is 443 g/mol. The van der Waals surface area contributed by atoms with Crippen LogP contribution in [0.3, 0.4) is 0 Å². The number of hydrogen-bond donors (Lipinski definition) is 1. The zero-order valence-electron chi connectivity index (χ0n) is 15.3. The van der Waals surface area contributed by atoms with Crippen molar-refractivity contribution in [1.29, 1.82) is 0 Å². The zero-order valence-corrected chi connectivity index (χ0v) is 17.6. The third-order valence-corrected chi connectivity index (χ3v) is 5.75. The van der Waals surface area contributed by atoms with Crippen LogP contribution in [-0.4, -0.2) is 19.6 Å². The van der Waals surface area contributed by atoms with Gasteiger partial charge in [-0.1, -0.05) is 29.8 Å². The van der Waals surface area contributed by atoms with Crippen molar-refractivity contribution in [2.75, 3.05) is 5.32 Å². The minimum absolute atomic E-state index is 0.251. The molecule has 0 saturated heterocycles. The molecule has 0 aliphatic heterocycles. The Hall–Kier alpha value is -2.81. The van der Waals surface area contributed by atoms with E-state index in [1.165, 1.54) is 11.3 Å². The molecule has 2 heterocycles. The number of aryl methyl sites for hydroxylation is 1. The molecule has 0 unspecified atom stereocenters. The summed E-state index contributed by atoms with van der Waals surface area (Å²) >= 11 is 8.44. The first-order valence-electron chi connectivity index (χ1n) is 8.62. The minimum atomic E-state index is -0.251. The summed E-state index contributed by atoms with van der Waals surface area (Å²) in [6.07, 6.45) is 0. The molecule has 4 aromatic rings. The Morgan fingerprint density at radius 3 is 2.76 bits per heavy atom. The highest BCUT2D eigenvalue weighted by atomic mass is 35.5. The monoisotopic (exact) mass is 442 g/mol. The smallest absolute Gasteiger partial charge is 0.257 e. The molecule has 2 aromatic heterocycles. The lowest BCUT2D eigenvalue weighted by molar-refractivity contribution is 0.102. The maximum absolute atomic E-state index is 12.6. The number of amides is 1. The topological polar surface area (TPSA) is 77.0 Å². The van der Waals surface area contributed by atoms with Crippen molar-refractivity contribution in [1.82, 2.24) is 13.7 Å². The van der Waals surface area contributed by atoms with Gasteiger partial charge in [-0.2, -0.15) is 8.75 Å². The van der Waals surface area contributed by atoms with E-state index >= 15 is 0 Å². The van der Waals surface area contributed by atoms with Crippen molar-refractivity contribution >= 4 is 45.7 Å². The van der Waals surface area contributed by atoms with Gasteiger partial charge in [0.05, 0.1) is 23.1 Å². The number of carbonyl (C=O) groups excluding carboxylic acids is 1. The Labute approximate surface area is 180 Å². The molecule has 4 rings (SSSR count). The molecule has 0 bridgehead atoms. The third kappa shape index (κ3) is 4.79. The fourth-order valence-corrected chi connectivity index (χ4v) is 3.91. The molecular formula is C20H15ClN4O2S2. The summed E-state index contributed by atoms with van der Waals surface area (Å²) in [7, 11) is 0. The molecule has 0 atom stereocenters. The van der Waals surface area contributed by atoms with Crippen molar-refractivity contribution in [3.05, 3.63) is 75.9 Å². The SMILES string of the molecule is Cc1nsnc1COc1cccc(C(=O)Nc2nc(-c3ccc(Cl)cc3)cs2)c1. The molecular weight excluding hydrogens is 428 g/mol. The summed E-state index contributed by atoms with van der Waals surface area (Å²) in [5.41, 5.74) is 3.85. The number of hydrogen-bond acceptors (Lipinski definition) is 7. The summed E-state index contributed by atoms with van der Waals surface area (Å²) in [5, 5.41) is 5.91. The Morgan fingerprint density at radius 2 is 2.00 bits per heavy atom. The van der Waals surface area contributed by atoms with Gasteiger partial charge in [-0.05, 0) is 37.3 Å². The van der Waals surface area contributed by atoms with E-state index < -0.39 is 0 Å². The minimum Gasteiger partial charge on any atom is -0.487 e. The van der Waals surface area contributed by atoms with E-state index in [0.29, 0.717) is 28.1 Å². The Kier molecular flexibility index (Phi) is 5.84. The Bertz CT molecular complexity index is 1140. The number of ether oxygens (including phenoxy) is 1. The van der Waals surface area contributed by atoms with Gasteiger partial charge in [0.15, 0.2) is 5.13 Å². The molecule has 2 aromatic carbocycles. The highest BCUT2D eigenvalue weighted by Crippen LogP contribution is 2.26. The first-order chi connectivity index (χ1) is 14.1. The second kappa shape index (κ2) is 8.69. The molecule has 0 radical (unpaired) electrons. The van der Waals surface area contributed by atoms with E-state index in [-0.39, 0.29) is 5.91 Å². The number of carbonyl (C=O) groups is 1. The lowest BCUT2D eigenvalue weighted by Gasteiger charge is -2.07. The van der Waals surface area contributed by atoms with Gasteiger partial charge in [0.2, 0.25) is 0 Å². The van der Waals surface area contributed by atoms with Crippen LogP contribution in [0.4, 0.5) is 5.13 Å². The average Bonchev–Trinajstić information content (AvgIpc) is 3.36. The standard InChI is InChI=1S/C20H15ClN4O2S2/c1-12-17(25-29-24-12)10-27-16-4-2-3-14(9-16)19(26)23-20-22-18(11-28-20)13-5-7-15(21)8-6-13/h2-9,11H,10H2,1H3,(H,22,23,26). The van der Waals surface area contributed by atoms with Crippen LogP contribution in [-0.2, 0) is 6.61 Å². The summed E-state index contributed by atoms with van der Waals surface area (Å²) in [6.45, 7) is 2.20. The molecule has 0 aliphatic carbocycles. The van der Waals surface area contributed by atoms with Gasteiger partial charge in [-0.25, -0.2) is 4.98 Å². The number of halogens is 1. The highest BCUT2D eigenvalue weighted by molar-refractivity contribution is 7.14. The first-order valence-corrected chi connectivity index (χ1v) is 10.6. The van der Waals surface area contributed by atoms with E-state index in [4.69, 9.17) is 16.3 Å². The van der Waals surface area contributed by atoms with Gasteiger partial charge in [0.25, 0.3) is 5.91 Å². The maximum atomic E-state index is 12.6. The molecule has 1 amide bonds. The summed E-state index contributed by atoms with van der Waals surface area (Å²) < 4.78 is 14.1. The number of nitrogens with one attached hydrogen (secondary N) is 1. The van der Waals surface area contributed by atoms with Gasteiger partial charge in [-0.15, -0.1) is 11.3 Å². The quantitative estimate of drug-likeness (QED) is 0.429. The fourth-order valence-electron chi connectivity index (χ4n) is 2.51. The van der Waals surface area contributed by atoms with Gasteiger partial charge < -0.3 is 4.74 Å². The van der Waals surface area contributed by atoms with Crippen LogP contribution in [0.1, 0.15) is 21.7 Å². The highest BCUT2D eigenvalue weighted by Gasteiger charge is 2.12. The molecule has 29 heavy (non-hydrogen) atoms. The van der Waals surface area contributed by atoms with Gasteiger partial charge >= 0.3 is 0 Å². The Balaban J connectivity index is 1.42. The van der Waals surface area contributed by atoms with E-state index in [2.05, 4.69) is 19.0 Å². The number of rotatable bonds is 6. The van der Waals surface area contributed by atoms with Crippen molar-refractivity contribution in [3.63, 3.8) is 0 Å². The number of benzene rings is 2. The van der Waals surface area contributed by atoms with Crippen LogP contribution in [0.15, 0.2) is 53.9 Å². The summed E-state index contributed by atoms with van der Waals surface area (Å²) in [6, 6.07) is 14.4. The van der Waals surface area contributed by atoms with Crippen molar-refractivity contribution in [2.45, 2.75) is 13.5 Å². The molecule has 0 spiro atoms. The van der Waals surface area contributed by atoms with Crippen LogP contribution in [0.2, 0.25) is 5.02 Å². The third-order valence-electron chi connectivity index (χ3n) is 4.08. The maximum Gasteiger partial charge on any atom is 0.257 e. The second-order valence-electron chi connectivity index (χ2n) is 6.11. The number of thiazole rings is 1. The van der Waals surface area contributed by atoms with Gasteiger partial charge in [0, 0.05) is 21.5 Å². The molecule has 1 N–H and O–H groups in total. The molecule has 6 nitrogen and oxygen atoms in total. The van der Waals surface area contributed by atoms with Crippen LogP contribution in [0.5, 0.6) is 5.75 Å². The molecule has 146 valence electrons. The molecule has 0 saturated carbocycles. The van der Waals surface area contributed by atoms with E-state index in [9.17, 15) is 4.79 Å². The normalized spacial score (nSPS) is 10.7. The van der Waals surface area contributed by atoms with Crippen molar-refractivity contribution in [3.8, 4) is 17.0 Å². The van der Waals surface area contributed by atoms with Crippen molar-refractivity contribution in [2.24, 2.45) is 0 Å². The number of anilines is 1. The lowest BCUT2D eigenvalue weighted by atomic mass is 10.2. The number of aromatic nitrogens is 3. The first kappa shape index (κ1) is 19.5. The van der Waals surface area contributed by atoms with Crippen molar-refractivity contribution < 1.29 is 9.53 Å². The van der Waals surface area contributed by atoms with Crippen LogP contribution in [0.25, 0.3) is 11.3 Å². The van der Waals surface area contributed by atoms with E-state index in [1.807, 2.05) is 36.6 Å². The molecule has 0 aliphatic rings. The fraction of sp³-hybridized carbons (Fsp3) is 0.100. The largest absolute Gasteiger partial charge is 0.487 e. The molecule has 9 heteroatoms. The van der Waals surface area contributed by atoms with Gasteiger partial charge in [-0.3, -0.25) is 10.1 Å². The predicted molar refractivity (Wildman–Crippen MR) is 116 cm³/mol.